The summed E-state index contributed by atoms with van der Waals surface area (Å²) in [6.07, 6.45) is 2.56. The number of nitrogens with zero attached hydrogens (tertiary/aromatic N) is 2. The average Bonchev–Trinajstić information content (AvgIpc) is 2.06. The molecule has 1 aliphatic heterocycles. The first-order chi connectivity index (χ1) is 5.38. The Morgan fingerprint density at radius 2 is 2.36 bits per heavy atom. The molecule has 1 aliphatic rings. The lowest BCUT2D eigenvalue weighted by Gasteiger charge is -2.15. The van der Waals surface area contributed by atoms with Crippen molar-refractivity contribution in [2.24, 2.45) is 0 Å². The Labute approximate surface area is 65.4 Å². The Morgan fingerprint density at radius 1 is 1.45 bits per heavy atom. The standard InChI is InChI=1S/C8H10N2O/c1-6-7-2-3-11-4-8(7)10-5-9-6/h5H,2-4H2,1H3. The van der Waals surface area contributed by atoms with Crippen LogP contribution in [0.5, 0.6) is 0 Å². The van der Waals surface area contributed by atoms with Crippen molar-refractivity contribution in [2.45, 2.75) is 20.0 Å². The van der Waals surface area contributed by atoms with Crippen molar-refractivity contribution >= 4 is 0 Å². The lowest BCUT2D eigenvalue weighted by Crippen LogP contribution is -2.13. The maximum Gasteiger partial charge on any atom is 0.116 e. The Bertz CT molecular complexity index is 273. The number of hydrogen-bond donors (Lipinski definition) is 0. The molecular weight excluding hydrogens is 140 g/mol. The maximum absolute atomic E-state index is 5.26. The second kappa shape index (κ2) is 2.58. The molecule has 0 radical (unpaired) electrons. The van der Waals surface area contributed by atoms with Crippen molar-refractivity contribution in [1.29, 1.82) is 0 Å². The zero-order chi connectivity index (χ0) is 7.68. The topological polar surface area (TPSA) is 35.0 Å². The molecule has 0 atom stereocenters. The zero-order valence-electron chi connectivity index (χ0n) is 6.50. The highest BCUT2D eigenvalue weighted by molar-refractivity contribution is 5.24. The van der Waals surface area contributed by atoms with Gasteiger partial charge in [-0.3, -0.25) is 0 Å². The lowest BCUT2D eigenvalue weighted by molar-refractivity contribution is 0.107. The normalized spacial score (nSPS) is 16.1. The second-order valence-electron chi connectivity index (χ2n) is 2.69. The van der Waals surface area contributed by atoms with E-state index in [2.05, 4.69) is 9.97 Å². The Kier molecular flexibility index (Phi) is 1.58. The summed E-state index contributed by atoms with van der Waals surface area (Å²) in [6.45, 7) is 3.48. The van der Waals surface area contributed by atoms with Gasteiger partial charge in [0.05, 0.1) is 18.9 Å². The summed E-state index contributed by atoms with van der Waals surface area (Å²) in [5.41, 5.74) is 3.43. The highest BCUT2D eigenvalue weighted by Crippen LogP contribution is 2.15. The molecule has 0 aliphatic carbocycles. The van der Waals surface area contributed by atoms with Crippen molar-refractivity contribution in [1.82, 2.24) is 9.97 Å². The van der Waals surface area contributed by atoms with Gasteiger partial charge in [-0.2, -0.15) is 0 Å². The second-order valence-corrected chi connectivity index (χ2v) is 2.69. The SMILES string of the molecule is Cc1ncnc2c1CCOC2. The molecule has 0 amide bonds. The fourth-order valence-electron chi connectivity index (χ4n) is 1.34. The van der Waals surface area contributed by atoms with Gasteiger partial charge in [-0.15, -0.1) is 0 Å². The predicted molar refractivity (Wildman–Crippen MR) is 40.1 cm³/mol. The molecule has 0 fully saturated rings. The molecule has 0 N–H and O–H groups in total. The Hall–Kier alpha value is -0.960. The van der Waals surface area contributed by atoms with Crippen LogP contribution in [0.2, 0.25) is 0 Å². The van der Waals surface area contributed by atoms with Crippen LogP contribution in [0.25, 0.3) is 0 Å². The highest BCUT2D eigenvalue weighted by atomic mass is 16.5. The van der Waals surface area contributed by atoms with Gasteiger partial charge in [0.1, 0.15) is 6.33 Å². The van der Waals surface area contributed by atoms with E-state index in [1.807, 2.05) is 6.92 Å². The molecule has 0 spiro atoms. The highest BCUT2D eigenvalue weighted by Gasteiger charge is 2.12. The number of rotatable bonds is 0. The van der Waals surface area contributed by atoms with Crippen LogP contribution < -0.4 is 0 Å². The number of hydrogen-bond acceptors (Lipinski definition) is 3. The van der Waals surface area contributed by atoms with E-state index in [9.17, 15) is 0 Å². The van der Waals surface area contributed by atoms with Crippen molar-refractivity contribution in [3.63, 3.8) is 0 Å². The lowest BCUT2D eigenvalue weighted by atomic mass is 10.1. The summed E-state index contributed by atoms with van der Waals surface area (Å²) in [6, 6.07) is 0. The van der Waals surface area contributed by atoms with Crippen LogP contribution >= 0.6 is 0 Å². The molecular formula is C8H10N2O. The molecule has 0 bridgehead atoms. The van der Waals surface area contributed by atoms with Gasteiger partial charge in [0.25, 0.3) is 0 Å². The summed E-state index contributed by atoms with van der Waals surface area (Å²) in [7, 11) is 0. The van der Waals surface area contributed by atoms with Crippen LogP contribution in [0, 0.1) is 6.92 Å². The van der Waals surface area contributed by atoms with Gasteiger partial charge in [0, 0.05) is 5.69 Å². The van der Waals surface area contributed by atoms with E-state index < -0.39 is 0 Å². The summed E-state index contributed by atoms with van der Waals surface area (Å²) in [4.78, 5) is 8.27. The van der Waals surface area contributed by atoms with Crippen LogP contribution in [0.15, 0.2) is 6.33 Å². The molecule has 1 aromatic heterocycles. The molecule has 3 heteroatoms. The van der Waals surface area contributed by atoms with E-state index in [1.54, 1.807) is 6.33 Å². The minimum Gasteiger partial charge on any atom is -0.375 e. The minimum atomic E-state index is 0.651. The number of aromatic nitrogens is 2. The van der Waals surface area contributed by atoms with E-state index in [0.29, 0.717) is 6.61 Å². The fourth-order valence-corrected chi connectivity index (χ4v) is 1.34. The van der Waals surface area contributed by atoms with Gasteiger partial charge in [-0.05, 0) is 18.9 Å². The third-order valence-electron chi connectivity index (χ3n) is 1.99. The Morgan fingerprint density at radius 3 is 3.18 bits per heavy atom. The van der Waals surface area contributed by atoms with Gasteiger partial charge in [-0.1, -0.05) is 0 Å². The van der Waals surface area contributed by atoms with Gasteiger partial charge in [0.2, 0.25) is 0 Å². The van der Waals surface area contributed by atoms with Gasteiger partial charge in [0.15, 0.2) is 0 Å². The smallest absolute Gasteiger partial charge is 0.116 e. The van der Waals surface area contributed by atoms with Crippen LogP contribution in [0.3, 0.4) is 0 Å². The largest absolute Gasteiger partial charge is 0.375 e. The Balaban J connectivity index is 2.49. The number of ether oxygens (including phenoxy) is 1. The molecule has 0 saturated carbocycles. The molecule has 2 heterocycles. The van der Waals surface area contributed by atoms with Gasteiger partial charge < -0.3 is 4.74 Å². The van der Waals surface area contributed by atoms with Crippen molar-refractivity contribution < 1.29 is 4.74 Å². The van der Waals surface area contributed by atoms with Gasteiger partial charge in [-0.25, -0.2) is 9.97 Å². The number of aryl methyl sites for hydroxylation is 1. The maximum atomic E-state index is 5.26. The summed E-state index contributed by atoms with van der Waals surface area (Å²) < 4.78 is 5.26. The van der Waals surface area contributed by atoms with E-state index in [4.69, 9.17) is 4.74 Å². The summed E-state index contributed by atoms with van der Waals surface area (Å²) in [5.74, 6) is 0. The van der Waals surface area contributed by atoms with E-state index in [1.165, 1.54) is 5.56 Å². The average molecular weight is 150 g/mol. The molecule has 0 unspecified atom stereocenters. The van der Waals surface area contributed by atoms with Crippen LogP contribution in [-0.4, -0.2) is 16.6 Å². The monoisotopic (exact) mass is 150 g/mol. The van der Waals surface area contributed by atoms with E-state index in [-0.39, 0.29) is 0 Å². The first-order valence-electron chi connectivity index (χ1n) is 3.75. The number of fused-ring (bicyclic) bond motifs is 1. The predicted octanol–water partition coefficient (Wildman–Crippen LogP) is 0.858. The quantitative estimate of drug-likeness (QED) is 0.550. The molecule has 11 heavy (non-hydrogen) atoms. The third kappa shape index (κ3) is 1.12. The molecule has 3 nitrogen and oxygen atoms in total. The molecule has 0 aromatic carbocycles. The first-order valence-corrected chi connectivity index (χ1v) is 3.75. The first kappa shape index (κ1) is 6.73. The van der Waals surface area contributed by atoms with E-state index >= 15 is 0 Å². The van der Waals surface area contributed by atoms with Crippen LogP contribution in [-0.2, 0) is 17.8 Å². The minimum absolute atomic E-state index is 0.651. The van der Waals surface area contributed by atoms with Crippen molar-refractivity contribution in [2.75, 3.05) is 6.61 Å². The van der Waals surface area contributed by atoms with Crippen molar-refractivity contribution in [3.05, 3.63) is 23.3 Å². The zero-order valence-corrected chi connectivity index (χ0v) is 6.50. The van der Waals surface area contributed by atoms with Crippen LogP contribution in [0.4, 0.5) is 0 Å². The fraction of sp³-hybridized carbons (Fsp3) is 0.500. The van der Waals surface area contributed by atoms with Gasteiger partial charge >= 0.3 is 0 Å². The molecule has 2 rings (SSSR count). The van der Waals surface area contributed by atoms with Crippen molar-refractivity contribution in [3.8, 4) is 0 Å². The summed E-state index contributed by atoms with van der Waals surface area (Å²) >= 11 is 0. The van der Waals surface area contributed by atoms with E-state index in [0.717, 1.165) is 24.4 Å². The third-order valence-corrected chi connectivity index (χ3v) is 1.99. The molecule has 1 aromatic rings. The molecule has 0 saturated heterocycles. The summed E-state index contributed by atoms with van der Waals surface area (Å²) in [5, 5.41) is 0. The molecule has 58 valence electrons. The van der Waals surface area contributed by atoms with Crippen LogP contribution in [0.1, 0.15) is 17.0 Å².